The van der Waals surface area contributed by atoms with Crippen LogP contribution in [0.4, 0.5) is 4.39 Å². The molecule has 0 N–H and O–H groups in total. The normalized spacial score (nSPS) is 11.7. The van der Waals surface area contributed by atoms with E-state index in [-0.39, 0.29) is 11.8 Å². The van der Waals surface area contributed by atoms with Gasteiger partial charge in [0.15, 0.2) is 0 Å². The molecule has 0 aliphatic rings. The zero-order valence-electron chi connectivity index (χ0n) is 11.6. The summed E-state index contributed by atoms with van der Waals surface area (Å²) in [5.41, 5.74) is 0.863. The van der Waals surface area contributed by atoms with Crippen LogP contribution >= 0.6 is 0 Å². The maximum Gasteiger partial charge on any atom is 0.325 e. The molecule has 0 heterocycles. The van der Waals surface area contributed by atoms with Crippen molar-refractivity contribution >= 4 is 5.97 Å². The van der Waals surface area contributed by atoms with Gasteiger partial charge in [-0.05, 0) is 45.0 Å². The molecule has 0 fully saturated rings. The maximum atomic E-state index is 13.2. The second-order valence-electron chi connectivity index (χ2n) is 4.99. The molecule has 1 aromatic rings. The van der Waals surface area contributed by atoms with Crippen LogP contribution in [0.3, 0.4) is 0 Å². The zero-order valence-corrected chi connectivity index (χ0v) is 11.6. The van der Waals surface area contributed by atoms with E-state index < -0.39 is 5.54 Å². The summed E-state index contributed by atoms with van der Waals surface area (Å²) in [5, 5.41) is 0. The Bertz CT molecular complexity index is 443. The minimum Gasteiger partial charge on any atom is -0.468 e. The van der Waals surface area contributed by atoms with Crippen molar-refractivity contribution in [2.45, 2.75) is 32.9 Å². The van der Waals surface area contributed by atoms with Gasteiger partial charge in [-0.1, -0.05) is 12.1 Å². The average Bonchev–Trinajstić information content (AvgIpc) is 2.32. The number of hydrogen-bond donors (Lipinski definition) is 0. The predicted molar refractivity (Wildman–Crippen MR) is 68.7 cm³/mol. The highest BCUT2D eigenvalue weighted by molar-refractivity contribution is 5.79. The van der Waals surface area contributed by atoms with Gasteiger partial charge >= 0.3 is 5.97 Å². The summed E-state index contributed by atoms with van der Waals surface area (Å²) in [5.74, 6) is -0.502. The average molecular weight is 253 g/mol. The second-order valence-corrected chi connectivity index (χ2v) is 4.99. The van der Waals surface area contributed by atoms with E-state index >= 15 is 0 Å². The van der Waals surface area contributed by atoms with Crippen LogP contribution < -0.4 is 0 Å². The fraction of sp³-hybridized carbons (Fsp3) is 0.500. The maximum absolute atomic E-state index is 13.2. The van der Waals surface area contributed by atoms with Crippen LogP contribution in [0.1, 0.15) is 25.0 Å². The Morgan fingerprint density at radius 3 is 2.56 bits per heavy atom. The SMILES string of the molecule is COC(=O)C(C)(C)N(C)Cc1ccc(F)c(C)c1. The van der Waals surface area contributed by atoms with Crippen LogP contribution in [-0.2, 0) is 16.1 Å². The monoisotopic (exact) mass is 253 g/mol. The smallest absolute Gasteiger partial charge is 0.325 e. The number of rotatable bonds is 4. The molecule has 0 aliphatic carbocycles. The molecule has 0 unspecified atom stereocenters. The van der Waals surface area contributed by atoms with E-state index in [1.54, 1.807) is 32.9 Å². The number of esters is 1. The van der Waals surface area contributed by atoms with E-state index in [1.165, 1.54) is 13.2 Å². The summed E-state index contributed by atoms with van der Waals surface area (Å²) < 4.78 is 17.9. The molecule has 0 saturated heterocycles. The number of hydrogen-bond acceptors (Lipinski definition) is 3. The van der Waals surface area contributed by atoms with E-state index in [2.05, 4.69) is 0 Å². The summed E-state index contributed by atoms with van der Waals surface area (Å²) >= 11 is 0. The fourth-order valence-corrected chi connectivity index (χ4v) is 1.68. The first-order chi connectivity index (χ1) is 8.28. The van der Waals surface area contributed by atoms with Gasteiger partial charge in [0.1, 0.15) is 11.4 Å². The fourth-order valence-electron chi connectivity index (χ4n) is 1.68. The lowest BCUT2D eigenvalue weighted by Gasteiger charge is -2.32. The van der Waals surface area contributed by atoms with E-state index in [4.69, 9.17) is 4.74 Å². The number of nitrogens with zero attached hydrogens (tertiary/aromatic N) is 1. The summed E-state index contributed by atoms with van der Waals surface area (Å²) in [4.78, 5) is 13.5. The van der Waals surface area contributed by atoms with Crippen molar-refractivity contribution in [1.29, 1.82) is 0 Å². The predicted octanol–water partition coefficient (Wildman–Crippen LogP) is 2.52. The molecule has 100 valence electrons. The van der Waals surface area contributed by atoms with Gasteiger partial charge in [-0.3, -0.25) is 9.69 Å². The molecule has 4 heteroatoms. The van der Waals surface area contributed by atoms with Crippen LogP contribution in [-0.4, -0.2) is 30.6 Å². The molecule has 1 aromatic carbocycles. The molecule has 0 bridgehead atoms. The van der Waals surface area contributed by atoms with Crippen molar-refractivity contribution in [3.8, 4) is 0 Å². The van der Waals surface area contributed by atoms with E-state index in [0.717, 1.165) is 5.56 Å². The van der Waals surface area contributed by atoms with Crippen LogP contribution in [0.25, 0.3) is 0 Å². The molecule has 0 spiro atoms. The lowest BCUT2D eigenvalue weighted by Crippen LogP contribution is -2.48. The summed E-state index contributed by atoms with van der Waals surface area (Å²) in [7, 11) is 3.22. The Morgan fingerprint density at radius 1 is 1.44 bits per heavy atom. The molecule has 0 atom stereocenters. The minimum atomic E-state index is -0.711. The first-order valence-electron chi connectivity index (χ1n) is 5.83. The largest absolute Gasteiger partial charge is 0.468 e. The quantitative estimate of drug-likeness (QED) is 0.772. The van der Waals surface area contributed by atoms with Crippen LogP contribution in [0, 0.1) is 12.7 Å². The first kappa shape index (κ1) is 14.6. The summed E-state index contributed by atoms with van der Waals surface area (Å²) in [6.07, 6.45) is 0. The second kappa shape index (κ2) is 5.48. The summed E-state index contributed by atoms with van der Waals surface area (Å²) in [6.45, 7) is 5.89. The van der Waals surface area contributed by atoms with Gasteiger partial charge in [-0.15, -0.1) is 0 Å². The van der Waals surface area contributed by atoms with Gasteiger partial charge in [0.2, 0.25) is 0 Å². The van der Waals surface area contributed by atoms with Gasteiger partial charge in [-0.25, -0.2) is 4.39 Å². The molecule has 0 aromatic heterocycles. The van der Waals surface area contributed by atoms with Crippen molar-refractivity contribution < 1.29 is 13.9 Å². The molecule has 0 saturated carbocycles. The van der Waals surface area contributed by atoms with Crippen LogP contribution in [0.5, 0.6) is 0 Å². The van der Waals surface area contributed by atoms with Gasteiger partial charge in [0.25, 0.3) is 0 Å². The third kappa shape index (κ3) is 3.07. The molecule has 3 nitrogen and oxygen atoms in total. The molecule has 18 heavy (non-hydrogen) atoms. The lowest BCUT2D eigenvalue weighted by atomic mass is 10.0. The number of likely N-dealkylation sites (N-methyl/N-ethyl adjacent to an activating group) is 1. The van der Waals surface area contributed by atoms with Crippen molar-refractivity contribution in [3.63, 3.8) is 0 Å². The van der Waals surface area contributed by atoms with E-state index in [1.807, 2.05) is 11.9 Å². The first-order valence-corrected chi connectivity index (χ1v) is 5.83. The molecule has 0 aliphatic heterocycles. The van der Waals surface area contributed by atoms with Crippen LogP contribution in [0.2, 0.25) is 0 Å². The number of aryl methyl sites for hydroxylation is 1. The van der Waals surface area contributed by atoms with Crippen molar-refractivity contribution in [2.75, 3.05) is 14.2 Å². The van der Waals surface area contributed by atoms with Gasteiger partial charge < -0.3 is 4.74 Å². The van der Waals surface area contributed by atoms with E-state index in [9.17, 15) is 9.18 Å². The Kier molecular flexibility index (Phi) is 4.46. The van der Waals surface area contributed by atoms with Gasteiger partial charge in [0, 0.05) is 6.54 Å². The molecular weight excluding hydrogens is 233 g/mol. The Labute approximate surface area is 108 Å². The standard InChI is InChI=1S/C14H20FNO2/c1-10-8-11(6-7-12(10)15)9-16(4)14(2,3)13(17)18-5/h6-8H,9H2,1-5H3. The minimum absolute atomic E-state index is 0.214. The van der Waals surface area contributed by atoms with Crippen molar-refractivity contribution in [3.05, 3.63) is 35.1 Å². The van der Waals surface area contributed by atoms with Crippen molar-refractivity contribution in [1.82, 2.24) is 4.90 Å². The van der Waals surface area contributed by atoms with Crippen molar-refractivity contribution in [2.24, 2.45) is 0 Å². The number of ether oxygens (including phenoxy) is 1. The number of halogens is 1. The lowest BCUT2D eigenvalue weighted by molar-refractivity contribution is -0.152. The van der Waals surface area contributed by atoms with E-state index in [0.29, 0.717) is 12.1 Å². The summed E-state index contributed by atoms with van der Waals surface area (Å²) in [6, 6.07) is 4.97. The molecule has 0 amide bonds. The van der Waals surface area contributed by atoms with Crippen LogP contribution in [0.15, 0.2) is 18.2 Å². The number of benzene rings is 1. The van der Waals surface area contributed by atoms with Gasteiger partial charge in [0.05, 0.1) is 7.11 Å². The zero-order chi connectivity index (χ0) is 13.9. The third-order valence-corrected chi connectivity index (χ3v) is 3.28. The molecule has 1 rings (SSSR count). The Hall–Kier alpha value is -1.42. The topological polar surface area (TPSA) is 29.5 Å². The third-order valence-electron chi connectivity index (χ3n) is 3.28. The number of methoxy groups -OCH3 is 1. The molecule has 0 radical (unpaired) electrons. The number of carbonyl (C=O) groups is 1. The Morgan fingerprint density at radius 2 is 2.06 bits per heavy atom. The highest BCUT2D eigenvalue weighted by atomic mass is 19.1. The Balaban J connectivity index is 2.84. The highest BCUT2D eigenvalue weighted by Crippen LogP contribution is 2.18. The van der Waals surface area contributed by atoms with Gasteiger partial charge in [-0.2, -0.15) is 0 Å². The highest BCUT2D eigenvalue weighted by Gasteiger charge is 2.33. The number of carbonyl (C=O) groups excluding carboxylic acids is 1. The molecular formula is C14H20FNO2.